The van der Waals surface area contributed by atoms with Crippen LogP contribution in [0.5, 0.6) is 0 Å². The van der Waals surface area contributed by atoms with Crippen LogP contribution in [0.15, 0.2) is 0 Å². The zero-order chi connectivity index (χ0) is 5.91. The Morgan fingerprint density at radius 2 is 2.17 bits per heavy atom. The average Bonchev–Trinajstić information content (AvgIpc) is 1.30. The molecular weight excluding hydrogens is 76.1 g/mol. The molecule has 0 fully saturated rings. The van der Waals surface area contributed by atoms with Crippen LogP contribution >= 0.6 is 0 Å². The van der Waals surface area contributed by atoms with Gasteiger partial charge in [0.15, 0.2) is 0 Å². The van der Waals surface area contributed by atoms with E-state index in [9.17, 15) is 0 Å². The maximum absolute atomic E-state index is 6.36. The maximum Gasteiger partial charge on any atom is 0.210 e. The Morgan fingerprint density at radius 3 is 2.17 bits per heavy atom. The fourth-order valence-electron chi connectivity index (χ4n) is 0. The molecule has 0 aromatic rings. The van der Waals surface area contributed by atoms with Crippen LogP contribution in [-0.4, -0.2) is 13.1 Å². The molecule has 0 atom stereocenters. The predicted octanol–water partition coefficient (Wildman–Crippen LogP) is 1.02. The topological polar surface area (TPSA) is 20.2 Å². The minimum atomic E-state index is 0.141. The van der Waals surface area contributed by atoms with E-state index in [4.69, 9.17) is 1.43 Å². The lowest BCUT2D eigenvalue weighted by Crippen LogP contribution is -2.09. The van der Waals surface area contributed by atoms with Crippen LogP contribution in [0.2, 0.25) is 0 Å². The van der Waals surface area contributed by atoms with Gasteiger partial charge >= 0.3 is 0 Å². The van der Waals surface area contributed by atoms with Gasteiger partial charge in [0.1, 0.15) is 0 Å². The van der Waals surface area contributed by atoms with Crippen LogP contribution in [0.25, 0.3) is 0 Å². The molecule has 0 saturated carbocycles. The van der Waals surface area contributed by atoms with Gasteiger partial charge in [0.05, 0.1) is 0 Å². The Balaban J connectivity index is 3.15. The van der Waals surface area contributed by atoms with Crippen molar-refractivity contribution in [2.75, 3.05) is 6.61 Å². The molecule has 6 heavy (non-hydrogen) atoms. The highest BCUT2D eigenvalue weighted by Crippen LogP contribution is 2.09. The Kier molecular flexibility index (Phi) is 1.10. The van der Waals surface area contributed by atoms with E-state index in [1.54, 1.807) is 0 Å². The van der Waals surface area contributed by atoms with Gasteiger partial charge in [-0.15, -0.1) is 0 Å². The molecule has 38 valence electrons. The van der Waals surface area contributed by atoms with E-state index in [1.165, 1.54) is 0 Å². The van der Waals surface area contributed by atoms with Crippen LogP contribution in [0.3, 0.4) is 0 Å². The molecule has 1 heteroatoms. The minimum Gasteiger partial charge on any atom is -0.396 e. The van der Waals surface area contributed by atoms with Gasteiger partial charge in [0, 0.05) is 6.61 Å². The van der Waals surface area contributed by atoms with E-state index < -0.39 is 0 Å². The highest BCUT2D eigenvalue weighted by molar-refractivity contribution is 4.55. The highest BCUT2D eigenvalue weighted by Gasteiger charge is 2.05. The largest absolute Gasteiger partial charge is 0.396 e. The van der Waals surface area contributed by atoms with Gasteiger partial charge in [-0.25, -0.2) is 0 Å². The molecule has 0 amide bonds. The summed E-state index contributed by atoms with van der Waals surface area (Å²) in [5.74, 6) is 0. The van der Waals surface area contributed by atoms with E-state index in [0.717, 1.165) is 0 Å². The van der Waals surface area contributed by atoms with Crippen molar-refractivity contribution >= 4 is 0 Å². The smallest absolute Gasteiger partial charge is 0.210 e. The summed E-state index contributed by atoms with van der Waals surface area (Å²) in [7, 11) is 0. The normalized spacial score (nSPS) is 14.2. The van der Waals surface area contributed by atoms with Crippen molar-refractivity contribution in [2.45, 2.75) is 20.8 Å². The summed E-state index contributed by atoms with van der Waals surface area (Å²) in [4.78, 5) is 0. The summed E-state index contributed by atoms with van der Waals surface area (Å²) >= 11 is 0. The van der Waals surface area contributed by atoms with Crippen LogP contribution in [0, 0.1) is 5.41 Å². The minimum absolute atomic E-state index is 0.141. The second-order valence-corrected chi connectivity index (χ2v) is 2.70. The van der Waals surface area contributed by atoms with Crippen molar-refractivity contribution in [1.29, 1.82) is 1.43 Å². The lowest BCUT2D eigenvalue weighted by molar-refractivity contribution is 0.177. The fraction of sp³-hybridized carbons (Fsp3) is 1.00. The van der Waals surface area contributed by atoms with Gasteiger partial charge in [0.2, 0.25) is 1.43 Å². The molecule has 0 spiro atoms. The summed E-state index contributed by atoms with van der Waals surface area (Å²) in [6.07, 6.45) is 0. The van der Waals surface area contributed by atoms with Gasteiger partial charge in [-0.1, -0.05) is 20.8 Å². The molecule has 0 aliphatic carbocycles. The van der Waals surface area contributed by atoms with Crippen LogP contribution in [0.1, 0.15) is 20.8 Å². The van der Waals surface area contributed by atoms with Crippen LogP contribution < -0.4 is 0 Å². The zero-order valence-corrected chi connectivity index (χ0v) is 4.62. The van der Waals surface area contributed by atoms with Crippen LogP contribution in [-0.2, 0) is 0 Å². The zero-order valence-electron chi connectivity index (χ0n) is 5.62. The molecular formula is C5H12O. The van der Waals surface area contributed by atoms with Crippen molar-refractivity contribution in [3.05, 3.63) is 0 Å². The first-order valence-corrected chi connectivity index (χ1v) is 2.14. The third kappa shape index (κ3) is 3.96. The summed E-state index contributed by atoms with van der Waals surface area (Å²) in [5, 5.41) is 4.16. The van der Waals surface area contributed by atoms with Crippen molar-refractivity contribution in [3.8, 4) is 0 Å². The summed E-state index contributed by atoms with van der Waals surface area (Å²) in [5.41, 5.74) is 0.141. The lowest BCUT2D eigenvalue weighted by atomic mass is 9.99. The van der Waals surface area contributed by atoms with Gasteiger partial charge < -0.3 is 5.11 Å². The number of hydrogen-bond donors (Lipinski definition) is 1. The summed E-state index contributed by atoms with van der Waals surface area (Å²) in [6, 6.07) is 0. The molecule has 0 saturated heterocycles. The standard InChI is InChI=1S/C5H12O/c1-5(2,3)4-6/h6H,4H2,1-3H3/i6D. The van der Waals surface area contributed by atoms with Crippen LogP contribution in [0.4, 0.5) is 0 Å². The summed E-state index contributed by atoms with van der Waals surface area (Å²) < 4.78 is 6.36. The van der Waals surface area contributed by atoms with Crippen molar-refractivity contribution < 1.29 is 5.11 Å². The van der Waals surface area contributed by atoms with E-state index >= 15 is 0 Å². The second-order valence-electron chi connectivity index (χ2n) is 2.70. The molecule has 0 aliphatic rings. The monoisotopic (exact) mass is 89.1 g/mol. The highest BCUT2D eigenvalue weighted by atomic mass is 16.3. The van der Waals surface area contributed by atoms with Crippen molar-refractivity contribution in [1.82, 2.24) is 0 Å². The maximum atomic E-state index is 6.36. The number of aliphatic hydroxyl groups is 1. The molecule has 0 heterocycles. The lowest BCUT2D eigenvalue weighted by Gasteiger charge is -2.11. The average molecular weight is 89.2 g/mol. The molecule has 0 aliphatic heterocycles. The third-order valence-corrected chi connectivity index (χ3v) is 0.433. The first-order chi connectivity index (χ1) is 3.06. The Labute approximate surface area is 40.5 Å². The molecule has 0 rings (SSSR count). The van der Waals surface area contributed by atoms with E-state index in [2.05, 4.69) is 5.11 Å². The van der Waals surface area contributed by atoms with Crippen molar-refractivity contribution in [2.24, 2.45) is 5.41 Å². The van der Waals surface area contributed by atoms with E-state index in [-0.39, 0.29) is 5.41 Å². The first-order valence-electron chi connectivity index (χ1n) is 2.55. The Morgan fingerprint density at radius 1 is 1.67 bits per heavy atom. The van der Waals surface area contributed by atoms with Gasteiger partial charge in [-0.2, -0.15) is 0 Å². The van der Waals surface area contributed by atoms with E-state index in [0.29, 0.717) is 6.61 Å². The number of aliphatic hydroxyl groups excluding tert-OH is 1. The molecule has 1 nitrogen and oxygen atoms in total. The van der Waals surface area contributed by atoms with E-state index in [1.807, 2.05) is 20.8 Å². The number of hydrogen-bond acceptors (Lipinski definition) is 1. The Bertz CT molecular complexity index is 46.5. The SMILES string of the molecule is [2H]OCC(C)(C)C. The molecule has 1 N–H and O–H groups in total. The Hall–Kier alpha value is -0.0400. The van der Waals surface area contributed by atoms with Gasteiger partial charge in [-0.3, -0.25) is 0 Å². The predicted molar refractivity (Wildman–Crippen MR) is 26.5 cm³/mol. The van der Waals surface area contributed by atoms with Crippen molar-refractivity contribution in [3.63, 3.8) is 0 Å². The molecule has 0 radical (unpaired) electrons. The third-order valence-electron chi connectivity index (χ3n) is 0.433. The first kappa shape index (κ1) is 4.13. The van der Waals surface area contributed by atoms with Gasteiger partial charge in [-0.05, 0) is 5.41 Å². The van der Waals surface area contributed by atoms with Gasteiger partial charge in [0.25, 0.3) is 0 Å². The fourth-order valence-corrected chi connectivity index (χ4v) is 0. The molecule has 0 aromatic heterocycles. The summed E-state index contributed by atoms with van der Waals surface area (Å²) in [6.45, 7) is 6.59. The number of rotatable bonds is 1. The molecule has 0 unspecified atom stereocenters. The molecule has 0 aromatic carbocycles. The second kappa shape index (κ2) is 1.61. The quantitative estimate of drug-likeness (QED) is 0.508. The molecule has 0 bridgehead atoms.